The number of methoxy groups -OCH3 is 1. The lowest BCUT2D eigenvalue weighted by Gasteiger charge is -2.06. The van der Waals surface area contributed by atoms with Crippen molar-refractivity contribution >= 4 is 23.6 Å². The van der Waals surface area contributed by atoms with E-state index in [0.717, 1.165) is 11.1 Å². The van der Waals surface area contributed by atoms with Crippen LogP contribution in [0.5, 0.6) is 5.75 Å². The quantitative estimate of drug-likeness (QED) is 0.833. The van der Waals surface area contributed by atoms with Gasteiger partial charge in [0.1, 0.15) is 5.75 Å². The fourth-order valence-corrected chi connectivity index (χ4v) is 2.08. The van der Waals surface area contributed by atoms with Gasteiger partial charge in [-0.1, -0.05) is 17.7 Å². The molecule has 0 saturated carbocycles. The molecule has 0 aromatic heterocycles. The molecular formula is C18H18N2O3. The van der Waals surface area contributed by atoms with E-state index < -0.39 is 5.91 Å². The van der Waals surface area contributed by atoms with E-state index in [1.165, 1.54) is 12.1 Å². The van der Waals surface area contributed by atoms with Gasteiger partial charge in [-0.15, -0.1) is 0 Å². The molecule has 2 amide bonds. The van der Waals surface area contributed by atoms with Gasteiger partial charge >= 0.3 is 0 Å². The summed E-state index contributed by atoms with van der Waals surface area (Å²) in [4.78, 5) is 23.1. The van der Waals surface area contributed by atoms with E-state index in [2.05, 4.69) is 5.32 Å². The standard InChI is InChI=1S/C18H18N2O3/c1-12-6-8-16(23-2)13(10-12)7-9-17(21)20-15-5-3-4-14(11-15)18(19)22/h3-11H,1-2H3,(H2,19,22)(H,20,21). The molecule has 5 heteroatoms. The number of carbonyl (C=O) groups is 2. The molecule has 2 rings (SSSR count). The number of nitrogens with one attached hydrogen (secondary N) is 1. The van der Waals surface area contributed by atoms with E-state index in [1.54, 1.807) is 31.4 Å². The summed E-state index contributed by atoms with van der Waals surface area (Å²) in [5.74, 6) is -0.160. The van der Waals surface area contributed by atoms with E-state index >= 15 is 0 Å². The zero-order valence-electron chi connectivity index (χ0n) is 13.0. The third-order valence-corrected chi connectivity index (χ3v) is 3.21. The van der Waals surface area contributed by atoms with Gasteiger partial charge < -0.3 is 15.8 Å². The Morgan fingerprint density at radius 1 is 1.17 bits per heavy atom. The van der Waals surface area contributed by atoms with Crippen molar-refractivity contribution < 1.29 is 14.3 Å². The molecule has 0 spiro atoms. The first kappa shape index (κ1) is 16.3. The molecule has 23 heavy (non-hydrogen) atoms. The van der Waals surface area contributed by atoms with Crippen LogP contribution in [0, 0.1) is 6.92 Å². The molecule has 0 atom stereocenters. The topological polar surface area (TPSA) is 81.4 Å². The molecule has 118 valence electrons. The summed E-state index contributed by atoms with van der Waals surface area (Å²) in [6.45, 7) is 1.96. The number of aryl methyl sites for hydroxylation is 1. The van der Waals surface area contributed by atoms with Gasteiger partial charge in [-0.05, 0) is 43.3 Å². The maximum atomic E-state index is 12.0. The molecule has 5 nitrogen and oxygen atoms in total. The van der Waals surface area contributed by atoms with Crippen molar-refractivity contribution in [3.63, 3.8) is 0 Å². The zero-order valence-corrected chi connectivity index (χ0v) is 13.0. The SMILES string of the molecule is COc1ccc(C)cc1C=CC(=O)Nc1cccc(C(N)=O)c1. The normalized spacial score (nSPS) is 10.5. The van der Waals surface area contributed by atoms with Crippen LogP contribution in [0.1, 0.15) is 21.5 Å². The van der Waals surface area contributed by atoms with Crippen LogP contribution in [0.4, 0.5) is 5.69 Å². The van der Waals surface area contributed by atoms with E-state index in [4.69, 9.17) is 10.5 Å². The van der Waals surface area contributed by atoms with Crippen LogP contribution in [0.25, 0.3) is 6.08 Å². The van der Waals surface area contributed by atoms with Crippen molar-refractivity contribution in [3.05, 3.63) is 65.2 Å². The Labute approximate surface area is 134 Å². The van der Waals surface area contributed by atoms with E-state index in [9.17, 15) is 9.59 Å². The van der Waals surface area contributed by atoms with E-state index in [0.29, 0.717) is 17.0 Å². The highest BCUT2D eigenvalue weighted by atomic mass is 16.5. The van der Waals surface area contributed by atoms with Crippen molar-refractivity contribution in [2.75, 3.05) is 12.4 Å². The number of hydrogen-bond acceptors (Lipinski definition) is 3. The largest absolute Gasteiger partial charge is 0.496 e. The smallest absolute Gasteiger partial charge is 0.248 e. The lowest BCUT2D eigenvalue weighted by atomic mass is 10.1. The van der Waals surface area contributed by atoms with Crippen molar-refractivity contribution in [2.24, 2.45) is 5.73 Å². The van der Waals surface area contributed by atoms with Crippen molar-refractivity contribution in [3.8, 4) is 5.75 Å². The summed E-state index contributed by atoms with van der Waals surface area (Å²) in [5, 5.41) is 2.69. The number of ether oxygens (including phenoxy) is 1. The maximum absolute atomic E-state index is 12.0. The van der Waals surface area contributed by atoms with Crippen LogP contribution in [0.15, 0.2) is 48.5 Å². The third-order valence-electron chi connectivity index (χ3n) is 3.21. The number of carbonyl (C=O) groups excluding carboxylic acids is 2. The molecule has 0 fully saturated rings. The number of anilines is 1. The van der Waals surface area contributed by atoms with E-state index in [-0.39, 0.29) is 5.91 Å². The minimum Gasteiger partial charge on any atom is -0.496 e. The Morgan fingerprint density at radius 2 is 1.96 bits per heavy atom. The molecule has 0 unspecified atom stereocenters. The van der Waals surface area contributed by atoms with Crippen molar-refractivity contribution in [1.29, 1.82) is 0 Å². The summed E-state index contributed by atoms with van der Waals surface area (Å²) >= 11 is 0. The molecule has 0 aliphatic heterocycles. The summed E-state index contributed by atoms with van der Waals surface area (Å²) in [5.41, 5.74) is 7.94. The highest BCUT2D eigenvalue weighted by Gasteiger charge is 2.04. The van der Waals surface area contributed by atoms with Gasteiger partial charge in [-0.25, -0.2) is 0 Å². The Hall–Kier alpha value is -3.08. The number of primary amides is 1. The average Bonchev–Trinajstić information content (AvgIpc) is 2.53. The molecule has 0 aliphatic carbocycles. The van der Waals surface area contributed by atoms with Gasteiger partial charge in [0.25, 0.3) is 0 Å². The zero-order chi connectivity index (χ0) is 16.8. The Bertz CT molecular complexity index is 767. The molecular weight excluding hydrogens is 292 g/mol. The minimum absolute atomic E-state index is 0.310. The molecule has 2 aromatic rings. The number of rotatable bonds is 5. The van der Waals surface area contributed by atoms with Gasteiger partial charge in [0.2, 0.25) is 11.8 Å². The first-order chi connectivity index (χ1) is 11.0. The molecule has 3 N–H and O–H groups in total. The van der Waals surface area contributed by atoms with Crippen molar-refractivity contribution in [2.45, 2.75) is 6.92 Å². The predicted molar refractivity (Wildman–Crippen MR) is 90.4 cm³/mol. The van der Waals surface area contributed by atoms with Crippen LogP contribution in [0.3, 0.4) is 0 Å². The van der Waals surface area contributed by atoms with Gasteiger partial charge in [-0.2, -0.15) is 0 Å². The summed E-state index contributed by atoms with van der Waals surface area (Å²) in [6, 6.07) is 12.2. The fourth-order valence-electron chi connectivity index (χ4n) is 2.08. The number of benzene rings is 2. The highest BCUT2D eigenvalue weighted by Crippen LogP contribution is 2.21. The van der Waals surface area contributed by atoms with Gasteiger partial charge in [0.15, 0.2) is 0 Å². The Kier molecular flexibility index (Phi) is 5.15. The van der Waals surface area contributed by atoms with Crippen LogP contribution >= 0.6 is 0 Å². The second kappa shape index (κ2) is 7.26. The summed E-state index contributed by atoms with van der Waals surface area (Å²) in [7, 11) is 1.58. The summed E-state index contributed by atoms with van der Waals surface area (Å²) < 4.78 is 5.26. The molecule has 2 aromatic carbocycles. The summed E-state index contributed by atoms with van der Waals surface area (Å²) in [6.07, 6.45) is 3.09. The lowest BCUT2D eigenvalue weighted by molar-refractivity contribution is -0.111. The molecule has 0 heterocycles. The minimum atomic E-state index is -0.541. The molecule has 0 aliphatic rings. The number of nitrogens with two attached hydrogens (primary N) is 1. The monoisotopic (exact) mass is 310 g/mol. The maximum Gasteiger partial charge on any atom is 0.248 e. The second-order valence-corrected chi connectivity index (χ2v) is 5.01. The van der Waals surface area contributed by atoms with Crippen LogP contribution in [-0.4, -0.2) is 18.9 Å². The van der Waals surface area contributed by atoms with Gasteiger partial charge in [-0.3, -0.25) is 9.59 Å². The van der Waals surface area contributed by atoms with Gasteiger partial charge in [0.05, 0.1) is 7.11 Å². The first-order valence-electron chi connectivity index (χ1n) is 7.03. The fraction of sp³-hybridized carbons (Fsp3) is 0.111. The Balaban J connectivity index is 2.12. The number of hydrogen-bond donors (Lipinski definition) is 2. The molecule has 0 saturated heterocycles. The van der Waals surface area contributed by atoms with Crippen LogP contribution in [-0.2, 0) is 4.79 Å². The highest BCUT2D eigenvalue weighted by molar-refractivity contribution is 6.03. The Morgan fingerprint density at radius 3 is 2.65 bits per heavy atom. The molecule has 0 radical (unpaired) electrons. The average molecular weight is 310 g/mol. The second-order valence-electron chi connectivity index (χ2n) is 5.01. The van der Waals surface area contributed by atoms with Crippen molar-refractivity contribution in [1.82, 2.24) is 0 Å². The third kappa shape index (κ3) is 4.44. The number of amides is 2. The predicted octanol–water partition coefficient (Wildman–Crippen LogP) is 2.75. The van der Waals surface area contributed by atoms with Gasteiger partial charge in [0, 0.05) is 22.9 Å². The van der Waals surface area contributed by atoms with E-state index in [1.807, 2.05) is 25.1 Å². The lowest BCUT2D eigenvalue weighted by Crippen LogP contribution is -2.12. The van der Waals surface area contributed by atoms with Crippen LogP contribution in [0.2, 0.25) is 0 Å². The molecule has 0 bridgehead atoms. The first-order valence-corrected chi connectivity index (χ1v) is 7.03. The van der Waals surface area contributed by atoms with Crippen LogP contribution < -0.4 is 15.8 Å².